The molecule has 1 nitrogen and oxygen atoms in total. The molecule has 2 rings (SSSR count). The molecular formula is C11H13N. The minimum Gasteiger partial charge on any atom is -0.257 e. The topological polar surface area (TPSA) is 12.9 Å². The maximum absolute atomic E-state index is 4.58. The van der Waals surface area contributed by atoms with E-state index >= 15 is 0 Å². The lowest BCUT2D eigenvalue weighted by Gasteiger charge is -2.09. The van der Waals surface area contributed by atoms with Gasteiger partial charge in [0.25, 0.3) is 0 Å². The minimum atomic E-state index is 1.04. The van der Waals surface area contributed by atoms with Gasteiger partial charge in [-0.1, -0.05) is 25.1 Å². The Kier molecular flexibility index (Phi) is 1.94. The van der Waals surface area contributed by atoms with Gasteiger partial charge in [-0.15, -0.1) is 0 Å². The van der Waals surface area contributed by atoms with Crippen LogP contribution in [-0.2, 0) is 12.8 Å². The van der Waals surface area contributed by atoms with Gasteiger partial charge in [-0.2, -0.15) is 0 Å². The fourth-order valence-corrected chi connectivity index (χ4v) is 1.54. The smallest absolute Gasteiger partial charge is 0.0482 e. The highest BCUT2D eigenvalue weighted by Gasteiger charge is 2.05. The summed E-state index contributed by atoms with van der Waals surface area (Å²) in [6.45, 7) is 2.15. The van der Waals surface area contributed by atoms with Gasteiger partial charge in [0.15, 0.2) is 0 Å². The van der Waals surface area contributed by atoms with Crippen LogP contribution in [-0.4, -0.2) is 4.98 Å². The van der Waals surface area contributed by atoms with Crippen LogP contribution >= 0.6 is 0 Å². The first-order chi connectivity index (χ1) is 5.90. The third-order valence-corrected chi connectivity index (χ3v) is 2.27. The molecule has 1 heteroatoms. The number of aryl methyl sites for hydroxylation is 2. The Hall–Kier alpha value is -1.11. The molecule has 1 aromatic heterocycles. The zero-order valence-corrected chi connectivity index (χ0v) is 7.38. The first-order valence-electron chi connectivity index (χ1n) is 4.55. The highest BCUT2D eigenvalue weighted by Crippen LogP contribution is 2.17. The summed E-state index contributed by atoms with van der Waals surface area (Å²) < 4.78 is 0. The van der Waals surface area contributed by atoms with E-state index in [0.29, 0.717) is 0 Å². The van der Waals surface area contributed by atoms with Crippen LogP contribution in [0.2, 0.25) is 0 Å². The van der Waals surface area contributed by atoms with Crippen molar-refractivity contribution in [1.82, 2.24) is 4.98 Å². The van der Waals surface area contributed by atoms with E-state index in [-0.39, 0.29) is 0 Å². The Morgan fingerprint density at radius 2 is 2.33 bits per heavy atom. The average Bonchev–Trinajstić information content (AvgIpc) is 2.17. The van der Waals surface area contributed by atoms with Crippen molar-refractivity contribution in [2.45, 2.75) is 26.2 Å². The van der Waals surface area contributed by atoms with Gasteiger partial charge in [0.1, 0.15) is 0 Å². The third-order valence-electron chi connectivity index (χ3n) is 2.27. The predicted molar refractivity (Wildman–Crippen MR) is 51.0 cm³/mol. The zero-order chi connectivity index (χ0) is 8.39. The summed E-state index contributed by atoms with van der Waals surface area (Å²) in [4.78, 5) is 4.58. The highest BCUT2D eigenvalue weighted by molar-refractivity contribution is 5.54. The average molecular weight is 159 g/mol. The van der Waals surface area contributed by atoms with Crippen LogP contribution in [0.25, 0.3) is 6.08 Å². The van der Waals surface area contributed by atoms with Crippen molar-refractivity contribution >= 4 is 6.08 Å². The van der Waals surface area contributed by atoms with Gasteiger partial charge in [-0.05, 0) is 30.9 Å². The van der Waals surface area contributed by atoms with Crippen LogP contribution in [0, 0.1) is 0 Å². The van der Waals surface area contributed by atoms with Crippen molar-refractivity contribution in [3.63, 3.8) is 0 Å². The Morgan fingerprint density at radius 1 is 1.42 bits per heavy atom. The van der Waals surface area contributed by atoms with E-state index in [9.17, 15) is 0 Å². The van der Waals surface area contributed by atoms with E-state index < -0.39 is 0 Å². The largest absolute Gasteiger partial charge is 0.257 e. The maximum atomic E-state index is 4.58. The Morgan fingerprint density at radius 3 is 3.17 bits per heavy atom. The molecule has 0 atom stereocenters. The van der Waals surface area contributed by atoms with Gasteiger partial charge in [0, 0.05) is 11.4 Å². The van der Waals surface area contributed by atoms with Gasteiger partial charge >= 0.3 is 0 Å². The summed E-state index contributed by atoms with van der Waals surface area (Å²) in [5.41, 5.74) is 3.79. The van der Waals surface area contributed by atoms with Gasteiger partial charge < -0.3 is 0 Å². The van der Waals surface area contributed by atoms with Crippen molar-refractivity contribution in [3.8, 4) is 0 Å². The van der Waals surface area contributed by atoms with Crippen LogP contribution in [0.3, 0.4) is 0 Å². The fourth-order valence-electron chi connectivity index (χ4n) is 1.54. The maximum Gasteiger partial charge on any atom is 0.0482 e. The number of allylic oxidation sites excluding steroid dienone is 1. The van der Waals surface area contributed by atoms with E-state index in [1.807, 2.05) is 0 Å². The minimum absolute atomic E-state index is 1.04. The predicted octanol–water partition coefficient (Wildman–Crippen LogP) is 2.60. The van der Waals surface area contributed by atoms with Gasteiger partial charge in [-0.3, -0.25) is 4.98 Å². The van der Waals surface area contributed by atoms with Crippen molar-refractivity contribution in [2.24, 2.45) is 0 Å². The molecule has 1 aliphatic carbocycles. The molecule has 0 fully saturated rings. The lowest BCUT2D eigenvalue weighted by atomic mass is 10.0. The van der Waals surface area contributed by atoms with Crippen LogP contribution in [0.15, 0.2) is 18.2 Å². The first kappa shape index (κ1) is 7.53. The number of pyridine rings is 1. The summed E-state index contributed by atoms with van der Waals surface area (Å²) in [6.07, 6.45) is 7.69. The van der Waals surface area contributed by atoms with E-state index in [1.54, 1.807) is 0 Å². The molecule has 12 heavy (non-hydrogen) atoms. The first-order valence-corrected chi connectivity index (χ1v) is 4.55. The second-order valence-corrected chi connectivity index (χ2v) is 3.13. The van der Waals surface area contributed by atoms with Crippen molar-refractivity contribution in [2.75, 3.05) is 0 Å². The summed E-state index contributed by atoms with van der Waals surface area (Å²) in [7, 11) is 0. The Balaban J connectivity index is 2.44. The number of fused-ring (bicyclic) bond motifs is 1. The molecule has 1 aliphatic rings. The molecule has 0 bridgehead atoms. The molecule has 0 aromatic carbocycles. The second kappa shape index (κ2) is 3.10. The number of hydrogen-bond donors (Lipinski definition) is 0. The molecule has 62 valence electrons. The monoisotopic (exact) mass is 159 g/mol. The summed E-state index contributed by atoms with van der Waals surface area (Å²) in [5, 5.41) is 0. The third kappa shape index (κ3) is 1.27. The second-order valence-electron chi connectivity index (χ2n) is 3.13. The van der Waals surface area contributed by atoms with Crippen LogP contribution in [0.1, 0.15) is 30.3 Å². The highest BCUT2D eigenvalue weighted by atomic mass is 14.7. The van der Waals surface area contributed by atoms with Crippen molar-refractivity contribution < 1.29 is 0 Å². The number of aromatic nitrogens is 1. The van der Waals surface area contributed by atoms with Crippen LogP contribution < -0.4 is 0 Å². The van der Waals surface area contributed by atoms with Crippen molar-refractivity contribution in [1.29, 1.82) is 0 Å². The van der Waals surface area contributed by atoms with Gasteiger partial charge in [0.05, 0.1) is 0 Å². The van der Waals surface area contributed by atoms with Gasteiger partial charge in [-0.25, -0.2) is 0 Å². The van der Waals surface area contributed by atoms with Crippen molar-refractivity contribution in [3.05, 3.63) is 35.2 Å². The van der Waals surface area contributed by atoms with Gasteiger partial charge in [0.2, 0.25) is 0 Å². The van der Waals surface area contributed by atoms with E-state index in [2.05, 4.69) is 36.2 Å². The molecule has 0 saturated heterocycles. The van der Waals surface area contributed by atoms with Crippen LogP contribution in [0.5, 0.6) is 0 Å². The van der Waals surface area contributed by atoms with Crippen LogP contribution in [0.4, 0.5) is 0 Å². The quantitative estimate of drug-likeness (QED) is 0.613. The number of nitrogens with zero attached hydrogens (tertiary/aromatic N) is 1. The Labute approximate surface area is 73.1 Å². The summed E-state index contributed by atoms with van der Waals surface area (Å²) in [6, 6.07) is 4.30. The normalized spacial score (nSPS) is 14.4. The molecule has 0 unspecified atom stereocenters. The Bertz CT molecular complexity index is 313. The number of rotatable bonds is 1. The molecular weight excluding hydrogens is 146 g/mol. The lowest BCUT2D eigenvalue weighted by molar-refractivity contribution is 0.892. The number of hydrogen-bond acceptors (Lipinski definition) is 1. The fraction of sp³-hybridized carbons (Fsp3) is 0.364. The molecule has 0 radical (unpaired) electrons. The molecule has 1 aromatic rings. The molecule has 0 aliphatic heterocycles. The lowest BCUT2D eigenvalue weighted by Crippen LogP contribution is -2.00. The molecule has 0 saturated carbocycles. The van der Waals surface area contributed by atoms with E-state index in [0.717, 1.165) is 19.3 Å². The van der Waals surface area contributed by atoms with E-state index in [4.69, 9.17) is 0 Å². The standard InChI is InChI=1S/C11H13N/c1-2-10-8-7-9-5-3-4-6-11(9)12-10/h3,5,7-8H,2,4,6H2,1H3. The summed E-state index contributed by atoms with van der Waals surface area (Å²) >= 11 is 0. The van der Waals surface area contributed by atoms with E-state index in [1.165, 1.54) is 17.0 Å². The molecule has 0 N–H and O–H groups in total. The molecule has 1 heterocycles. The molecule has 0 amide bonds. The zero-order valence-electron chi connectivity index (χ0n) is 7.38. The molecule has 0 spiro atoms. The SMILES string of the molecule is CCc1ccc2c(n1)CCC=C2. The summed E-state index contributed by atoms with van der Waals surface area (Å²) in [5.74, 6) is 0.